The van der Waals surface area contributed by atoms with E-state index in [-0.39, 0.29) is 12.3 Å². The predicted octanol–water partition coefficient (Wildman–Crippen LogP) is 4.48. The van der Waals surface area contributed by atoms with Gasteiger partial charge in [0.1, 0.15) is 18.3 Å². The van der Waals surface area contributed by atoms with Crippen molar-refractivity contribution in [2.45, 2.75) is 38.3 Å². The molecule has 9 heteroatoms. The van der Waals surface area contributed by atoms with Gasteiger partial charge in [0.05, 0.1) is 29.2 Å². The smallest absolute Gasteiger partial charge is 0.255 e. The average molecular weight is 532 g/mol. The van der Waals surface area contributed by atoms with E-state index in [1.807, 2.05) is 30.3 Å². The van der Waals surface area contributed by atoms with Gasteiger partial charge in [-0.15, -0.1) is 0 Å². The molecular formula is C27H31Cl2N3O4. The molecule has 36 heavy (non-hydrogen) atoms. The van der Waals surface area contributed by atoms with Crippen LogP contribution in [-0.2, 0) is 16.1 Å². The minimum Gasteiger partial charge on any atom is -0.493 e. The first-order valence-electron chi connectivity index (χ1n) is 12.4. The Kier molecular flexibility index (Phi) is 9.24. The normalized spacial score (nSPS) is 16.7. The summed E-state index contributed by atoms with van der Waals surface area (Å²) in [6.07, 6.45) is 4.03. The number of carbonyl (C=O) groups is 3. The molecule has 0 aromatic heterocycles. The number of ether oxygens (including phenoxy) is 1. The van der Waals surface area contributed by atoms with Gasteiger partial charge in [0.25, 0.3) is 5.91 Å². The summed E-state index contributed by atoms with van der Waals surface area (Å²) in [6.45, 7) is 5.79. The van der Waals surface area contributed by atoms with Gasteiger partial charge in [-0.25, -0.2) is 0 Å². The first kappa shape index (κ1) is 26.5. The third kappa shape index (κ3) is 6.20. The number of amides is 1. The van der Waals surface area contributed by atoms with Crippen molar-refractivity contribution in [1.29, 1.82) is 0 Å². The fourth-order valence-corrected chi connectivity index (χ4v) is 5.09. The fraction of sp³-hybridized carbons (Fsp3) is 0.444. The number of benzene rings is 2. The molecule has 0 spiro atoms. The fourth-order valence-electron chi connectivity index (χ4n) is 4.80. The lowest BCUT2D eigenvalue weighted by molar-refractivity contribution is -0.112. The highest BCUT2D eigenvalue weighted by Gasteiger charge is 2.34. The van der Waals surface area contributed by atoms with Crippen molar-refractivity contribution in [2.75, 3.05) is 44.2 Å². The molecule has 1 fully saturated rings. The van der Waals surface area contributed by atoms with Crippen molar-refractivity contribution in [2.24, 2.45) is 0 Å². The lowest BCUT2D eigenvalue weighted by atomic mass is 10.1. The average Bonchev–Trinajstić information content (AvgIpc) is 3.23. The molecule has 2 aliphatic rings. The van der Waals surface area contributed by atoms with E-state index in [0.29, 0.717) is 40.9 Å². The van der Waals surface area contributed by atoms with Crippen molar-refractivity contribution >= 4 is 47.4 Å². The van der Waals surface area contributed by atoms with Gasteiger partial charge in [-0.3, -0.25) is 9.69 Å². The largest absolute Gasteiger partial charge is 0.493 e. The zero-order valence-corrected chi connectivity index (χ0v) is 21.7. The van der Waals surface area contributed by atoms with E-state index in [1.165, 1.54) is 4.90 Å². The van der Waals surface area contributed by atoms with Crippen LogP contribution in [-0.4, -0.2) is 73.7 Å². The number of anilines is 1. The molecule has 0 saturated carbocycles. The van der Waals surface area contributed by atoms with Gasteiger partial charge in [0.2, 0.25) is 0 Å². The Morgan fingerprint density at radius 2 is 1.81 bits per heavy atom. The maximum atomic E-state index is 12.8. The van der Waals surface area contributed by atoms with E-state index in [4.69, 9.17) is 27.9 Å². The molecule has 2 aromatic carbocycles. The van der Waals surface area contributed by atoms with E-state index in [9.17, 15) is 14.4 Å². The predicted molar refractivity (Wildman–Crippen MR) is 141 cm³/mol. The third-order valence-electron chi connectivity index (χ3n) is 6.86. The van der Waals surface area contributed by atoms with Gasteiger partial charge in [0.15, 0.2) is 0 Å². The number of fused-ring (bicyclic) bond motifs is 1. The zero-order chi connectivity index (χ0) is 25.5. The molecule has 192 valence electrons. The van der Waals surface area contributed by atoms with Crippen LogP contribution in [0, 0.1) is 0 Å². The summed E-state index contributed by atoms with van der Waals surface area (Å²) in [5.74, 6) is 0.511. The summed E-state index contributed by atoms with van der Waals surface area (Å²) in [5.41, 5.74) is 2.50. The second-order valence-corrected chi connectivity index (χ2v) is 9.96. The van der Waals surface area contributed by atoms with Crippen LogP contribution in [0.4, 0.5) is 5.69 Å². The molecular weight excluding hydrogens is 501 g/mol. The monoisotopic (exact) mass is 531 g/mol. The van der Waals surface area contributed by atoms with E-state index < -0.39 is 6.04 Å². The van der Waals surface area contributed by atoms with Crippen molar-refractivity contribution in [1.82, 2.24) is 9.80 Å². The Labute approximate surface area is 221 Å². The first-order chi connectivity index (χ1) is 17.5. The van der Waals surface area contributed by atoms with Crippen LogP contribution in [0.15, 0.2) is 36.4 Å². The zero-order valence-electron chi connectivity index (χ0n) is 20.2. The molecule has 2 aromatic rings. The molecule has 2 heterocycles. The third-order valence-corrected chi connectivity index (χ3v) is 7.60. The summed E-state index contributed by atoms with van der Waals surface area (Å²) >= 11 is 12.2. The Morgan fingerprint density at radius 3 is 2.53 bits per heavy atom. The lowest BCUT2D eigenvalue weighted by Crippen LogP contribution is -2.46. The van der Waals surface area contributed by atoms with Gasteiger partial charge >= 0.3 is 0 Å². The van der Waals surface area contributed by atoms with Crippen LogP contribution in [0.3, 0.4) is 0 Å². The van der Waals surface area contributed by atoms with E-state index in [2.05, 4.69) is 9.80 Å². The Balaban J connectivity index is 1.20. The Hall–Kier alpha value is -2.61. The number of carbonyl (C=O) groups excluding carboxylic acids is 3. The van der Waals surface area contributed by atoms with Crippen LogP contribution in [0.25, 0.3) is 0 Å². The van der Waals surface area contributed by atoms with Crippen molar-refractivity contribution in [3.63, 3.8) is 0 Å². The summed E-state index contributed by atoms with van der Waals surface area (Å²) in [5, 5.41) is 1.16. The quantitative estimate of drug-likeness (QED) is 0.297. The van der Waals surface area contributed by atoms with Gasteiger partial charge in [-0.05, 0) is 56.1 Å². The van der Waals surface area contributed by atoms with Crippen molar-refractivity contribution in [3.05, 3.63) is 57.6 Å². The Bertz CT molecular complexity index is 1090. The van der Waals surface area contributed by atoms with Crippen LogP contribution in [0.2, 0.25) is 10.0 Å². The highest BCUT2D eigenvalue weighted by Crippen LogP contribution is 2.33. The minimum absolute atomic E-state index is 0.182. The van der Waals surface area contributed by atoms with E-state index in [1.54, 1.807) is 6.07 Å². The second kappa shape index (κ2) is 12.6. The Morgan fingerprint density at radius 1 is 1.00 bits per heavy atom. The number of nitrogens with zero attached hydrogens (tertiary/aromatic N) is 3. The van der Waals surface area contributed by atoms with E-state index >= 15 is 0 Å². The topological polar surface area (TPSA) is 70.2 Å². The number of aldehydes is 2. The van der Waals surface area contributed by atoms with Crippen molar-refractivity contribution < 1.29 is 19.1 Å². The molecule has 1 atom stereocenters. The number of halogens is 2. The number of hydrogen-bond donors (Lipinski definition) is 0. The minimum atomic E-state index is -0.597. The van der Waals surface area contributed by atoms with Gasteiger partial charge in [0, 0.05) is 49.4 Å². The second-order valence-electron chi connectivity index (χ2n) is 9.15. The number of piperazine rings is 1. The molecule has 7 nitrogen and oxygen atoms in total. The summed E-state index contributed by atoms with van der Waals surface area (Å²) in [4.78, 5) is 41.4. The summed E-state index contributed by atoms with van der Waals surface area (Å²) in [6, 6.07) is 10.6. The molecule has 4 rings (SSSR count). The van der Waals surface area contributed by atoms with Crippen LogP contribution in [0.5, 0.6) is 5.75 Å². The molecule has 2 aliphatic heterocycles. The molecule has 0 bridgehead atoms. The molecule has 0 N–H and O–H groups in total. The van der Waals surface area contributed by atoms with Crippen LogP contribution in [0.1, 0.15) is 41.6 Å². The lowest BCUT2D eigenvalue weighted by Gasteiger charge is -2.36. The van der Waals surface area contributed by atoms with Gasteiger partial charge in [-0.1, -0.05) is 29.3 Å². The molecule has 1 saturated heterocycles. The number of unbranched alkanes of at least 4 members (excludes halogenated alkanes) is 1. The van der Waals surface area contributed by atoms with Gasteiger partial charge in [-0.2, -0.15) is 0 Å². The van der Waals surface area contributed by atoms with Gasteiger partial charge < -0.3 is 24.1 Å². The molecule has 1 unspecified atom stereocenters. The van der Waals surface area contributed by atoms with E-state index in [0.717, 1.165) is 69.4 Å². The molecule has 1 amide bonds. The highest BCUT2D eigenvalue weighted by molar-refractivity contribution is 6.42. The SMILES string of the molecule is O=CCCC(C=O)N1Cc2c(OCCCCN3CCN(c4ccc(Cl)c(Cl)c4)CC3)cccc2C1=O. The maximum Gasteiger partial charge on any atom is 0.255 e. The first-order valence-corrected chi connectivity index (χ1v) is 13.1. The van der Waals surface area contributed by atoms with Crippen LogP contribution >= 0.6 is 23.2 Å². The maximum absolute atomic E-state index is 12.8. The van der Waals surface area contributed by atoms with Crippen LogP contribution < -0.4 is 9.64 Å². The summed E-state index contributed by atoms with van der Waals surface area (Å²) in [7, 11) is 0. The molecule has 0 radical (unpaired) electrons. The highest BCUT2D eigenvalue weighted by atomic mass is 35.5. The standard InChI is InChI=1S/C27H31Cl2N3O4/c28-24-9-8-20(17-25(24)29)31-13-11-30(12-14-31)10-1-2-16-36-26-7-3-6-22-23(26)18-32(27(22)35)21(19-34)5-4-15-33/h3,6-9,15,17,19,21H,1-2,4-5,10-14,16,18H2. The number of hydrogen-bond acceptors (Lipinski definition) is 6. The molecule has 0 aliphatic carbocycles. The summed E-state index contributed by atoms with van der Waals surface area (Å²) < 4.78 is 6.05. The number of rotatable bonds is 12. The van der Waals surface area contributed by atoms with Crippen molar-refractivity contribution in [3.8, 4) is 5.75 Å².